The van der Waals surface area contributed by atoms with Gasteiger partial charge in [-0.05, 0) is 34.1 Å². The Kier molecular flexibility index (Phi) is 3.23. The molecule has 2 aromatic rings. The minimum atomic E-state index is 0.440. The van der Waals surface area contributed by atoms with E-state index in [9.17, 15) is 0 Å². The fourth-order valence-electron chi connectivity index (χ4n) is 1.38. The van der Waals surface area contributed by atoms with Gasteiger partial charge in [0.15, 0.2) is 0 Å². The summed E-state index contributed by atoms with van der Waals surface area (Å²) in [5.41, 5.74) is 6.53. The third-order valence-electron chi connectivity index (χ3n) is 2.03. The average Bonchev–Trinajstić information content (AvgIpc) is 2.75. The SMILES string of the molecule is NC(=S)c1cccn1Cc1cc(Br)cs1. The molecule has 0 aromatic carbocycles. The van der Waals surface area contributed by atoms with Gasteiger partial charge in [-0.2, -0.15) is 0 Å². The molecular weight excluding hydrogens is 292 g/mol. The molecule has 0 amide bonds. The van der Waals surface area contributed by atoms with Gasteiger partial charge in [-0.25, -0.2) is 0 Å². The minimum absolute atomic E-state index is 0.440. The molecule has 0 atom stereocenters. The van der Waals surface area contributed by atoms with Gasteiger partial charge in [0.05, 0.1) is 12.2 Å². The Morgan fingerprint density at radius 3 is 3.00 bits per heavy atom. The van der Waals surface area contributed by atoms with Crippen LogP contribution in [0.4, 0.5) is 0 Å². The van der Waals surface area contributed by atoms with Crippen molar-refractivity contribution in [1.29, 1.82) is 0 Å². The fraction of sp³-hybridized carbons (Fsp3) is 0.100. The summed E-state index contributed by atoms with van der Waals surface area (Å²) < 4.78 is 3.17. The maximum atomic E-state index is 5.62. The van der Waals surface area contributed by atoms with Crippen LogP contribution in [0.2, 0.25) is 0 Å². The number of thiocarbonyl (C=S) groups is 1. The Morgan fingerprint density at radius 2 is 2.40 bits per heavy atom. The summed E-state index contributed by atoms with van der Waals surface area (Å²) in [6.45, 7) is 0.815. The van der Waals surface area contributed by atoms with E-state index in [-0.39, 0.29) is 0 Å². The summed E-state index contributed by atoms with van der Waals surface area (Å²) in [6.07, 6.45) is 1.99. The van der Waals surface area contributed by atoms with Crippen LogP contribution in [0.1, 0.15) is 10.6 Å². The molecule has 0 aliphatic rings. The molecule has 0 aliphatic heterocycles. The van der Waals surface area contributed by atoms with Gasteiger partial charge in [0.1, 0.15) is 4.99 Å². The van der Waals surface area contributed by atoms with E-state index in [1.54, 1.807) is 11.3 Å². The number of hydrogen-bond acceptors (Lipinski definition) is 2. The molecule has 2 nitrogen and oxygen atoms in total. The topological polar surface area (TPSA) is 30.9 Å². The first-order valence-corrected chi connectivity index (χ1v) is 6.43. The van der Waals surface area contributed by atoms with Gasteiger partial charge >= 0.3 is 0 Å². The lowest BCUT2D eigenvalue weighted by atomic mass is 10.4. The molecule has 2 heterocycles. The largest absolute Gasteiger partial charge is 0.388 e. The number of aromatic nitrogens is 1. The van der Waals surface area contributed by atoms with Crippen molar-refractivity contribution in [2.24, 2.45) is 5.73 Å². The van der Waals surface area contributed by atoms with Crippen molar-refractivity contribution in [2.45, 2.75) is 6.54 Å². The second kappa shape index (κ2) is 4.47. The Bertz CT molecular complexity index is 487. The first-order chi connectivity index (χ1) is 7.16. The minimum Gasteiger partial charge on any atom is -0.388 e. The van der Waals surface area contributed by atoms with Crippen LogP contribution in [0.3, 0.4) is 0 Å². The van der Waals surface area contributed by atoms with Crippen molar-refractivity contribution in [3.8, 4) is 0 Å². The highest BCUT2D eigenvalue weighted by atomic mass is 79.9. The van der Waals surface area contributed by atoms with Crippen LogP contribution in [0.5, 0.6) is 0 Å². The third kappa shape index (κ3) is 2.48. The lowest BCUT2D eigenvalue weighted by Gasteiger charge is -2.05. The lowest BCUT2D eigenvalue weighted by molar-refractivity contribution is 0.811. The van der Waals surface area contributed by atoms with Gasteiger partial charge < -0.3 is 10.3 Å². The van der Waals surface area contributed by atoms with Gasteiger partial charge in [-0.1, -0.05) is 12.2 Å². The number of thiophene rings is 1. The van der Waals surface area contributed by atoms with E-state index in [1.807, 2.05) is 18.3 Å². The third-order valence-corrected chi connectivity index (χ3v) is 3.92. The fourth-order valence-corrected chi connectivity index (χ4v) is 3.01. The van der Waals surface area contributed by atoms with E-state index in [2.05, 4.69) is 31.9 Å². The summed E-state index contributed by atoms with van der Waals surface area (Å²) in [4.78, 5) is 1.71. The molecule has 0 spiro atoms. The van der Waals surface area contributed by atoms with Crippen molar-refractivity contribution < 1.29 is 0 Å². The van der Waals surface area contributed by atoms with Crippen LogP contribution in [0.15, 0.2) is 34.2 Å². The Labute approximate surface area is 106 Å². The number of nitrogens with two attached hydrogens (primary N) is 1. The molecule has 2 aromatic heterocycles. The highest BCUT2D eigenvalue weighted by Crippen LogP contribution is 2.21. The standard InChI is InChI=1S/C10H9BrN2S2/c11-7-4-8(15-6-7)5-13-3-1-2-9(13)10(12)14/h1-4,6H,5H2,(H2,12,14). The number of halogens is 1. The highest BCUT2D eigenvalue weighted by Gasteiger charge is 2.05. The van der Waals surface area contributed by atoms with Crippen molar-refractivity contribution in [3.63, 3.8) is 0 Å². The Balaban J connectivity index is 2.24. The molecule has 2 N–H and O–H groups in total. The van der Waals surface area contributed by atoms with E-state index >= 15 is 0 Å². The molecule has 0 saturated heterocycles. The summed E-state index contributed by atoms with van der Waals surface area (Å²) in [6, 6.07) is 6.00. The predicted octanol–water partition coefficient (Wildman–Crippen LogP) is 2.99. The summed E-state index contributed by atoms with van der Waals surface area (Å²) >= 11 is 10.1. The molecule has 2 rings (SSSR count). The summed E-state index contributed by atoms with van der Waals surface area (Å²) in [5, 5.41) is 2.07. The van der Waals surface area contributed by atoms with Crippen LogP contribution >= 0.6 is 39.5 Å². The van der Waals surface area contributed by atoms with E-state index in [0.29, 0.717) is 4.99 Å². The van der Waals surface area contributed by atoms with Crippen LogP contribution in [0, 0.1) is 0 Å². The van der Waals surface area contributed by atoms with Gasteiger partial charge in [-0.15, -0.1) is 11.3 Å². The Hall–Kier alpha value is -0.650. The van der Waals surface area contributed by atoms with Crippen LogP contribution < -0.4 is 5.73 Å². The molecule has 78 valence electrons. The van der Waals surface area contributed by atoms with Crippen molar-refractivity contribution in [1.82, 2.24) is 4.57 Å². The summed E-state index contributed by atoms with van der Waals surface area (Å²) in [7, 11) is 0. The van der Waals surface area contributed by atoms with Crippen molar-refractivity contribution >= 4 is 44.5 Å². The lowest BCUT2D eigenvalue weighted by Crippen LogP contribution is -2.15. The van der Waals surface area contributed by atoms with E-state index in [1.165, 1.54) is 4.88 Å². The van der Waals surface area contributed by atoms with Crippen LogP contribution in [-0.4, -0.2) is 9.56 Å². The van der Waals surface area contributed by atoms with Gasteiger partial charge in [0.2, 0.25) is 0 Å². The van der Waals surface area contributed by atoms with Gasteiger partial charge in [-0.3, -0.25) is 0 Å². The highest BCUT2D eigenvalue weighted by molar-refractivity contribution is 9.10. The average molecular weight is 301 g/mol. The van der Waals surface area contributed by atoms with Crippen LogP contribution in [-0.2, 0) is 6.54 Å². The zero-order chi connectivity index (χ0) is 10.8. The number of hydrogen-bond donors (Lipinski definition) is 1. The molecular formula is C10H9BrN2S2. The van der Waals surface area contributed by atoms with Gasteiger partial charge in [0, 0.05) is 20.9 Å². The predicted molar refractivity (Wildman–Crippen MR) is 71.4 cm³/mol. The number of rotatable bonds is 3. The van der Waals surface area contributed by atoms with E-state index in [4.69, 9.17) is 18.0 Å². The quantitative estimate of drug-likeness (QED) is 0.884. The zero-order valence-corrected chi connectivity index (χ0v) is 11.0. The normalized spacial score (nSPS) is 10.5. The molecule has 0 unspecified atom stereocenters. The molecule has 0 bridgehead atoms. The van der Waals surface area contributed by atoms with Crippen LogP contribution in [0.25, 0.3) is 0 Å². The second-order valence-electron chi connectivity index (χ2n) is 3.12. The molecule has 15 heavy (non-hydrogen) atoms. The smallest absolute Gasteiger partial charge is 0.120 e. The second-order valence-corrected chi connectivity index (χ2v) is 5.47. The first-order valence-electron chi connectivity index (χ1n) is 4.34. The Morgan fingerprint density at radius 1 is 1.60 bits per heavy atom. The molecule has 0 radical (unpaired) electrons. The maximum Gasteiger partial charge on any atom is 0.120 e. The first kappa shape index (κ1) is 10.9. The van der Waals surface area contributed by atoms with E-state index in [0.717, 1.165) is 16.7 Å². The monoisotopic (exact) mass is 300 g/mol. The number of nitrogens with zero attached hydrogens (tertiary/aromatic N) is 1. The van der Waals surface area contributed by atoms with E-state index < -0.39 is 0 Å². The summed E-state index contributed by atoms with van der Waals surface area (Å²) in [5.74, 6) is 0. The van der Waals surface area contributed by atoms with Crippen molar-refractivity contribution in [3.05, 3.63) is 44.8 Å². The zero-order valence-electron chi connectivity index (χ0n) is 7.81. The molecule has 5 heteroatoms. The van der Waals surface area contributed by atoms with Crippen molar-refractivity contribution in [2.75, 3.05) is 0 Å². The molecule has 0 fully saturated rings. The maximum absolute atomic E-state index is 5.62. The molecule has 0 aliphatic carbocycles. The molecule has 0 saturated carbocycles. The van der Waals surface area contributed by atoms with Gasteiger partial charge in [0.25, 0.3) is 0 Å².